The maximum absolute atomic E-state index is 12.7. The van der Waals surface area contributed by atoms with E-state index in [1.54, 1.807) is 13.8 Å². The Morgan fingerprint density at radius 3 is 2.63 bits per heavy atom. The fraction of sp³-hybridized carbons (Fsp3) is 0.444. The van der Waals surface area contributed by atoms with Gasteiger partial charge < -0.3 is 19.4 Å². The van der Waals surface area contributed by atoms with Gasteiger partial charge in [0.1, 0.15) is 12.4 Å². The van der Waals surface area contributed by atoms with E-state index in [1.807, 2.05) is 0 Å². The Kier molecular flexibility index (Phi) is 5.29. The largest absolute Gasteiger partial charge is 0.511 e. The molecular formula is C18H20N2O7. The lowest BCUT2D eigenvalue weighted by atomic mass is 9.80. The smallest absolute Gasteiger partial charge is 0.276 e. The van der Waals surface area contributed by atoms with Gasteiger partial charge in [-0.15, -0.1) is 0 Å². The van der Waals surface area contributed by atoms with E-state index in [-0.39, 0.29) is 42.4 Å². The Bertz CT molecular complexity index is 844. The number of ether oxygens (including phenoxy) is 2. The molecule has 2 aliphatic rings. The number of carbonyl (C=O) groups excluding carboxylic acids is 1. The van der Waals surface area contributed by atoms with Crippen LogP contribution in [0.2, 0.25) is 0 Å². The van der Waals surface area contributed by atoms with Crippen molar-refractivity contribution >= 4 is 17.2 Å². The van der Waals surface area contributed by atoms with E-state index in [0.29, 0.717) is 35.8 Å². The molecule has 27 heavy (non-hydrogen) atoms. The quantitative estimate of drug-likeness (QED) is 0.459. The van der Waals surface area contributed by atoms with Crippen molar-refractivity contribution in [2.24, 2.45) is 5.16 Å². The van der Waals surface area contributed by atoms with Crippen molar-refractivity contribution in [2.75, 3.05) is 13.4 Å². The number of aliphatic hydroxyl groups is 1. The van der Waals surface area contributed by atoms with Gasteiger partial charge in [0, 0.05) is 24.3 Å². The summed E-state index contributed by atoms with van der Waals surface area (Å²) in [5.41, 5.74) is 0.693. The van der Waals surface area contributed by atoms with Gasteiger partial charge in [-0.1, -0.05) is 12.1 Å². The van der Waals surface area contributed by atoms with Gasteiger partial charge in [-0.05, 0) is 19.4 Å². The van der Waals surface area contributed by atoms with E-state index in [0.717, 1.165) is 0 Å². The summed E-state index contributed by atoms with van der Waals surface area (Å²) in [6.07, 6.45) is 0.525. The van der Waals surface area contributed by atoms with Crippen LogP contribution in [0.3, 0.4) is 0 Å². The molecule has 1 N–H and O–H groups in total. The van der Waals surface area contributed by atoms with Gasteiger partial charge in [0.2, 0.25) is 6.79 Å². The minimum Gasteiger partial charge on any atom is -0.511 e. The van der Waals surface area contributed by atoms with Crippen LogP contribution in [0, 0.1) is 10.1 Å². The average molecular weight is 376 g/mol. The van der Waals surface area contributed by atoms with Crippen LogP contribution in [0.4, 0.5) is 5.69 Å². The Labute approximate surface area is 155 Å². The second kappa shape index (κ2) is 7.65. The predicted molar refractivity (Wildman–Crippen MR) is 95.2 cm³/mol. The summed E-state index contributed by atoms with van der Waals surface area (Å²) in [4.78, 5) is 28.7. The number of hydrogen-bond donors (Lipinski definition) is 1. The summed E-state index contributed by atoms with van der Waals surface area (Å²) in [6.45, 7) is 3.91. The molecule has 1 heterocycles. The van der Waals surface area contributed by atoms with Gasteiger partial charge in [-0.3, -0.25) is 14.9 Å². The molecule has 0 aromatic heterocycles. The van der Waals surface area contributed by atoms with Crippen LogP contribution in [-0.2, 0) is 9.63 Å². The summed E-state index contributed by atoms with van der Waals surface area (Å²) in [6, 6.07) is 2.82. The molecule has 144 valence electrons. The normalized spacial score (nSPS) is 19.4. The van der Waals surface area contributed by atoms with Crippen LogP contribution in [0.25, 0.3) is 0 Å². The lowest BCUT2D eigenvalue weighted by molar-refractivity contribution is -0.385. The van der Waals surface area contributed by atoms with Crippen LogP contribution in [0.5, 0.6) is 11.5 Å². The Morgan fingerprint density at radius 2 is 2.04 bits per heavy atom. The Balaban J connectivity index is 1.98. The standard InChI is InChI=1S/C18H20N2O7/c1-3-12(19-27-4-2)18-14(21)5-10(6-15(18)22)11-7-16-17(26-9-25-16)8-13(11)20(23)24/h7-8,10,21H,3-6,9H2,1-2H3. The summed E-state index contributed by atoms with van der Waals surface area (Å²) in [7, 11) is 0. The number of fused-ring (bicyclic) bond motifs is 1. The molecule has 3 rings (SSSR count). The van der Waals surface area contributed by atoms with Crippen LogP contribution in [-0.4, -0.2) is 34.9 Å². The third kappa shape index (κ3) is 3.57. The van der Waals surface area contributed by atoms with Crippen LogP contribution >= 0.6 is 0 Å². The molecule has 1 unspecified atom stereocenters. The number of nitro benzene ring substituents is 1. The van der Waals surface area contributed by atoms with Gasteiger partial charge in [0.15, 0.2) is 17.3 Å². The number of carbonyl (C=O) groups is 1. The lowest BCUT2D eigenvalue weighted by Crippen LogP contribution is -2.24. The molecule has 0 amide bonds. The molecule has 0 bridgehead atoms. The maximum Gasteiger partial charge on any atom is 0.276 e. The minimum absolute atomic E-state index is 0.0113. The van der Waals surface area contributed by atoms with E-state index in [4.69, 9.17) is 14.3 Å². The van der Waals surface area contributed by atoms with Gasteiger partial charge in [-0.25, -0.2) is 0 Å². The van der Waals surface area contributed by atoms with Crippen molar-refractivity contribution in [3.8, 4) is 11.5 Å². The van der Waals surface area contributed by atoms with Gasteiger partial charge in [0.25, 0.3) is 5.69 Å². The first-order chi connectivity index (χ1) is 13.0. The van der Waals surface area contributed by atoms with Crippen molar-refractivity contribution in [3.05, 3.63) is 39.1 Å². The maximum atomic E-state index is 12.7. The van der Waals surface area contributed by atoms with E-state index in [1.165, 1.54) is 12.1 Å². The zero-order valence-electron chi connectivity index (χ0n) is 15.1. The molecule has 1 atom stereocenters. The number of allylic oxidation sites excluding steroid dienone is 2. The zero-order valence-corrected chi connectivity index (χ0v) is 15.1. The summed E-state index contributed by atoms with van der Waals surface area (Å²) in [5.74, 6) is -0.310. The molecule has 0 saturated heterocycles. The zero-order chi connectivity index (χ0) is 19.6. The van der Waals surface area contributed by atoms with E-state index < -0.39 is 10.8 Å². The number of hydrogen-bond acceptors (Lipinski definition) is 8. The highest BCUT2D eigenvalue weighted by atomic mass is 16.7. The van der Waals surface area contributed by atoms with Gasteiger partial charge in [-0.2, -0.15) is 0 Å². The SMILES string of the molecule is CCON=C(CC)C1=C(O)CC(c2cc3c(cc2[N+](=O)[O-])OCO3)CC1=O. The molecule has 1 aliphatic carbocycles. The number of nitrogens with zero attached hydrogens (tertiary/aromatic N) is 2. The van der Waals surface area contributed by atoms with E-state index in [9.17, 15) is 20.0 Å². The number of ketones is 1. The van der Waals surface area contributed by atoms with Crippen molar-refractivity contribution in [1.82, 2.24) is 0 Å². The molecule has 0 spiro atoms. The first kappa shape index (κ1) is 18.7. The summed E-state index contributed by atoms with van der Waals surface area (Å²) < 4.78 is 10.5. The molecule has 0 fully saturated rings. The van der Waals surface area contributed by atoms with E-state index >= 15 is 0 Å². The first-order valence-corrected chi connectivity index (χ1v) is 8.68. The Hall–Kier alpha value is -3.10. The number of oxime groups is 1. The molecule has 1 aliphatic heterocycles. The van der Waals surface area contributed by atoms with E-state index in [2.05, 4.69) is 5.16 Å². The van der Waals surface area contributed by atoms with Crippen LogP contribution in [0.15, 0.2) is 28.6 Å². The van der Waals surface area contributed by atoms with Crippen molar-refractivity contribution in [1.29, 1.82) is 0 Å². The van der Waals surface area contributed by atoms with Crippen LogP contribution in [0.1, 0.15) is 44.6 Å². The molecule has 1 aromatic carbocycles. The molecule has 9 heteroatoms. The first-order valence-electron chi connectivity index (χ1n) is 8.68. The third-order valence-electron chi connectivity index (χ3n) is 4.52. The number of rotatable bonds is 6. The van der Waals surface area contributed by atoms with Gasteiger partial charge in [0.05, 0.1) is 22.3 Å². The predicted octanol–water partition coefficient (Wildman–Crippen LogP) is 3.38. The highest BCUT2D eigenvalue weighted by Gasteiger charge is 2.35. The summed E-state index contributed by atoms with van der Waals surface area (Å²) >= 11 is 0. The van der Waals surface area contributed by atoms with Crippen molar-refractivity contribution < 1.29 is 29.1 Å². The molecule has 0 radical (unpaired) electrons. The minimum atomic E-state index is -0.540. The fourth-order valence-electron chi connectivity index (χ4n) is 3.30. The van der Waals surface area contributed by atoms with Crippen molar-refractivity contribution in [2.45, 2.75) is 39.0 Å². The number of nitro groups is 1. The Morgan fingerprint density at radius 1 is 1.33 bits per heavy atom. The second-order valence-corrected chi connectivity index (χ2v) is 6.18. The third-order valence-corrected chi connectivity index (χ3v) is 4.52. The molecule has 9 nitrogen and oxygen atoms in total. The average Bonchev–Trinajstić information content (AvgIpc) is 3.10. The molecular weight excluding hydrogens is 356 g/mol. The highest BCUT2D eigenvalue weighted by molar-refractivity contribution is 6.23. The number of aliphatic hydroxyl groups excluding tert-OH is 1. The van der Waals surface area contributed by atoms with Crippen LogP contribution < -0.4 is 9.47 Å². The highest BCUT2D eigenvalue weighted by Crippen LogP contribution is 2.44. The van der Waals surface area contributed by atoms with Crippen molar-refractivity contribution in [3.63, 3.8) is 0 Å². The lowest BCUT2D eigenvalue weighted by Gasteiger charge is -2.24. The van der Waals surface area contributed by atoms with Gasteiger partial charge >= 0.3 is 0 Å². The molecule has 1 aromatic rings. The second-order valence-electron chi connectivity index (χ2n) is 6.18. The monoisotopic (exact) mass is 376 g/mol. The number of Topliss-reactive ketones (excluding diaryl/α,β-unsaturated/α-hetero) is 1. The number of benzene rings is 1. The molecule has 0 saturated carbocycles. The summed E-state index contributed by atoms with van der Waals surface area (Å²) in [5, 5.41) is 25.9. The fourth-order valence-corrected chi connectivity index (χ4v) is 3.30. The topological polar surface area (TPSA) is 120 Å².